The van der Waals surface area contributed by atoms with Crippen molar-refractivity contribution in [3.63, 3.8) is 0 Å². The minimum atomic E-state index is -0.834. The molecule has 1 rings (SSSR count). The van der Waals surface area contributed by atoms with Gasteiger partial charge in [-0.15, -0.1) is 0 Å². The molecule has 0 bridgehead atoms. The van der Waals surface area contributed by atoms with Gasteiger partial charge < -0.3 is 24.6 Å². The lowest BCUT2D eigenvalue weighted by molar-refractivity contribution is -0.168. The Morgan fingerprint density at radius 3 is 2.17 bits per heavy atom. The fourth-order valence-electron chi connectivity index (χ4n) is 4.30. The maximum absolute atomic E-state index is 12.4. The summed E-state index contributed by atoms with van der Waals surface area (Å²) in [6.45, 7) is 10.5. The Labute approximate surface area is 215 Å². The molecule has 1 fully saturated rings. The second-order valence-corrected chi connectivity index (χ2v) is 11.1. The highest BCUT2D eigenvalue weighted by Gasteiger charge is 2.27. The molecular weight excluding hydrogens is 442 g/mol. The SMILES string of the molecule is CCCCCCCCCCCCC/C=C(/C)[C@H](O)[C@H](COC1CCCCO1)NC(=O)OC(C)(C)C. The first kappa shape index (κ1) is 31.9. The van der Waals surface area contributed by atoms with Gasteiger partial charge in [-0.05, 0) is 65.4 Å². The predicted molar refractivity (Wildman–Crippen MR) is 144 cm³/mol. The summed E-state index contributed by atoms with van der Waals surface area (Å²) in [6, 6.07) is -0.594. The highest BCUT2D eigenvalue weighted by atomic mass is 16.7. The number of hydrogen-bond donors (Lipinski definition) is 2. The number of ether oxygens (including phenoxy) is 3. The lowest BCUT2D eigenvalue weighted by atomic mass is 10.0. The Balaban J connectivity index is 2.38. The van der Waals surface area contributed by atoms with Gasteiger partial charge in [-0.2, -0.15) is 0 Å². The number of amides is 1. The maximum atomic E-state index is 12.4. The van der Waals surface area contributed by atoms with Crippen molar-refractivity contribution in [1.29, 1.82) is 0 Å². The normalized spacial score (nSPS) is 18.8. The van der Waals surface area contributed by atoms with Gasteiger partial charge in [0.2, 0.25) is 0 Å². The van der Waals surface area contributed by atoms with Crippen molar-refractivity contribution in [2.75, 3.05) is 13.2 Å². The molecule has 1 saturated heterocycles. The van der Waals surface area contributed by atoms with Crippen molar-refractivity contribution < 1.29 is 24.1 Å². The average molecular weight is 498 g/mol. The Hall–Kier alpha value is -1.11. The van der Waals surface area contributed by atoms with Crippen molar-refractivity contribution >= 4 is 6.09 Å². The van der Waals surface area contributed by atoms with Crippen LogP contribution in [0, 0.1) is 0 Å². The van der Waals surface area contributed by atoms with E-state index in [1.54, 1.807) is 0 Å². The molecule has 0 aromatic rings. The third-order valence-electron chi connectivity index (χ3n) is 6.42. The highest BCUT2D eigenvalue weighted by Crippen LogP contribution is 2.17. The minimum Gasteiger partial charge on any atom is -0.444 e. The van der Waals surface area contributed by atoms with Crippen LogP contribution in [0.1, 0.15) is 131 Å². The molecule has 0 spiro atoms. The summed E-state index contributed by atoms with van der Waals surface area (Å²) in [5.41, 5.74) is 0.249. The van der Waals surface area contributed by atoms with Crippen LogP contribution in [-0.2, 0) is 14.2 Å². The second kappa shape index (κ2) is 19.1. The lowest BCUT2D eigenvalue weighted by Crippen LogP contribution is -2.49. The van der Waals surface area contributed by atoms with Gasteiger partial charge in [-0.3, -0.25) is 0 Å². The summed E-state index contributed by atoms with van der Waals surface area (Å²) in [5.74, 6) is 0. The smallest absolute Gasteiger partial charge is 0.408 e. The Bertz CT molecular complexity index is 566. The van der Waals surface area contributed by atoms with Gasteiger partial charge in [0, 0.05) is 6.61 Å². The Kier molecular flexibility index (Phi) is 17.4. The van der Waals surface area contributed by atoms with Crippen molar-refractivity contribution in [2.24, 2.45) is 0 Å². The standard InChI is InChI=1S/C29H55NO5/c1-6-7-8-9-10-11-12-13-14-15-16-17-20-24(2)27(31)25(30-28(32)35-29(3,4)5)23-34-26-21-18-19-22-33-26/h20,25-27,31H,6-19,21-23H2,1-5H3,(H,30,32)/b24-20-/t25-,26?,27-/m0/s1. The lowest BCUT2D eigenvalue weighted by Gasteiger charge is -2.29. The number of nitrogens with one attached hydrogen (secondary N) is 1. The van der Waals surface area contributed by atoms with Crippen LogP contribution < -0.4 is 5.32 Å². The van der Waals surface area contributed by atoms with Gasteiger partial charge in [0.15, 0.2) is 6.29 Å². The maximum Gasteiger partial charge on any atom is 0.408 e. The molecule has 6 heteroatoms. The molecule has 3 atom stereocenters. The van der Waals surface area contributed by atoms with E-state index in [1.165, 1.54) is 64.2 Å². The molecule has 0 aliphatic carbocycles. The van der Waals surface area contributed by atoms with E-state index < -0.39 is 23.8 Å². The summed E-state index contributed by atoms with van der Waals surface area (Å²) >= 11 is 0. The van der Waals surface area contributed by atoms with Crippen LogP contribution in [0.4, 0.5) is 4.79 Å². The van der Waals surface area contributed by atoms with E-state index in [0.717, 1.165) is 37.7 Å². The zero-order valence-corrected chi connectivity index (χ0v) is 23.4. The average Bonchev–Trinajstić information content (AvgIpc) is 2.81. The first-order valence-electron chi connectivity index (χ1n) is 14.3. The van der Waals surface area contributed by atoms with Crippen LogP contribution in [0.25, 0.3) is 0 Å². The number of carbonyl (C=O) groups is 1. The molecule has 6 nitrogen and oxygen atoms in total. The number of aliphatic hydroxyl groups is 1. The Morgan fingerprint density at radius 1 is 1.03 bits per heavy atom. The van der Waals surface area contributed by atoms with E-state index in [4.69, 9.17) is 14.2 Å². The Morgan fingerprint density at radius 2 is 1.63 bits per heavy atom. The molecule has 2 N–H and O–H groups in total. The first-order valence-corrected chi connectivity index (χ1v) is 14.3. The molecule has 1 aliphatic heterocycles. The van der Waals surface area contributed by atoms with Gasteiger partial charge in [-0.1, -0.05) is 77.2 Å². The largest absolute Gasteiger partial charge is 0.444 e. The summed E-state index contributed by atoms with van der Waals surface area (Å²) < 4.78 is 16.9. The molecule has 0 aromatic heterocycles. The number of hydrogen-bond acceptors (Lipinski definition) is 5. The van der Waals surface area contributed by atoms with Crippen LogP contribution in [0.2, 0.25) is 0 Å². The second-order valence-electron chi connectivity index (χ2n) is 11.1. The summed E-state index contributed by atoms with van der Waals surface area (Å²) in [6.07, 6.45) is 18.8. The fraction of sp³-hybridized carbons (Fsp3) is 0.897. The van der Waals surface area contributed by atoms with Gasteiger partial charge >= 0.3 is 6.09 Å². The summed E-state index contributed by atoms with van der Waals surface area (Å²) in [7, 11) is 0. The molecule has 0 saturated carbocycles. The van der Waals surface area contributed by atoms with Crippen LogP contribution in [-0.4, -0.2) is 48.5 Å². The number of rotatable bonds is 18. The van der Waals surface area contributed by atoms with Crippen molar-refractivity contribution in [3.8, 4) is 0 Å². The van der Waals surface area contributed by atoms with Crippen molar-refractivity contribution in [3.05, 3.63) is 11.6 Å². The van der Waals surface area contributed by atoms with E-state index in [0.29, 0.717) is 6.61 Å². The zero-order valence-electron chi connectivity index (χ0n) is 23.4. The zero-order chi connectivity index (χ0) is 25.9. The van der Waals surface area contributed by atoms with Crippen molar-refractivity contribution in [2.45, 2.75) is 155 Å². The minimum absolute atomic E-state index is 0.175. The van der Waals surface area contributed by atoms with Gasteiger partial charge in [0.1, 0.15) is 5.60 Å². The van der Waals surface area contributed by atoms with Gasteiger partial charge in [0.25, 0.3) is 0 Å². The molecule has 1 unspecified atom stereocenters. The molecule has 1 heterocycles. The van der Waals surface area contributed by atoms with E-state index in [9.17, 15) is 9.90 Å². The molecule has 0 aromatic carbocycles. The molecule has 0 radical (unpaired) electrons. The third kappa shape index (κ3) is 17.1. The fourth-order valence-corrected chi connectivity index (χ4v) is 4.30. The predicted octanol–water partition coefficient (Wildman–Crippen LogP) is 7.43. The highest BCUT2D eigenvalue weighted by molar-refractivity contribution is 5.68. The van der Waals surface area contributed by atoms with Crippen molar-refractivity contribution in [1.82, 2.24) is 5.32 Å². The summed E-state index contributed by atoms with van der Waals surface area (Å²) in [4.78, 5) is 12.4. The molecule has 1 amide bonds. The number of alkyl carbamates (subject to hydrolysis) is 1. The number of allylic oxidation sites excluding steroid dienone is 1. The van der Waals surface area contributed by atoms with Crippen LogP contribution >= 0.6 is 0 Å². The van der Waals surface area contributed by atoms with Gasteiger partial charge in [-0.25, -0.2) is 4.79 Å². The quantitative estimate of drug-likeness (QED) is 0.152. The molecule has 206 valence electrons. The van der Waals surface area contributed by atoms with E-state index >= 15 is 0 Å². The number of carbonyl (C=O) groups excluding carboxylic acids is 1. The topological polar surface area (TPSA) is 77.0 Å². The summed E-state index contributed by atoms with van der Waals surface area (Å²) in [5, 5.41) is 13.8. The molecule has 35 heavy (non-hydrogen) atoms. The van der Waals surface area contributed by atoms with E-state index in [2.05, 4.69) is 18.3 Å². The van der Waals surface area contributed by atoms with Crippen LogP contribution in [0.3, 0.4) is 0 Å². The molecular formula is C29H55NO5. The van der Waals surface area contributed by atoms with Crippen LogP contribution in [0.5, 0.6) is 0 Å². The van der Waals surface area contributed by atoms with Gasteiger partial charge in [0.05, 0.1) is 18.8 Å². The van der Waals surface area contributed by atoms with E-state index in [-0.39, 0.29) is 12.9 Å². The number of unbranched alkanes of at least 4 members (excludes halogenated alkanes) is 11. The third-order valence-corrected chi connectivity index (χ3v) is 6.42. The van der Waals surface area contributed by atoms with E-state index in [1.807, 2.05) is 27.7 Å². The monoisotopic (exact) mass is 497 g/mol. The first-order chi connectivity index (χ1) is 16.7. The molecule has 1 aliphatic rings. The van der Waals surface area contributed by atoms with Crippen LogP contribution in [0.15, 0.2) is 11.6 Å². The number of aliphatic hydroxyl groups excluding tert-OH is 1.